The Morgan fingerprint density at radius 2 is 1.72 bits per heavy atom. The van der Waals surface area contributed by atoms with Crippen LogP contribution in [0.5, 0.6) is 0 Å². The van der Waals surface area contributed by atoms with Crippen molar-refractivity contribution in [3.05, 3.63) is 0 Å². The number of carbonyl (C=O) groups is 1. The first-order chi connectivity index (χ1) is 11.6. The highest BCUT2D eigenvalue weighted by Crippen LogP contribution is 2.44. The van der Waals surface area contributed by atoms with Crippen LogP contribution in [0.3, 0.4) is 0 Å². The van der Waals surface area contributed by atoms with Gasteiger partial charge in [0.2, 0.25) is 5.91 Å². The number of rotatable bonds is 4. The van der Waals surface area contributed by atoms with Gasteiger partial charge in [-0.1, -0.05) is 13.8 Å². The smallest absolute Gasteiger partial charge is 0.352 e. The van der Waals surface area contributed by atoms with Crippen molar-refractivity contribution in [2.75, 3.05) is 32.7 Å². The van der Waals surface area contributed by atoms with Crippen molar-refractivity contribution in [2.45, 2.75) is 64.2 Å². The van der Waals surface area contributed by atoms with Gasteiger partial charge in [0.15, 0.2) is 0 Å². The number of amides is 1. The number of likely N-dealkylation sites (tertiary alicyclic amines) is 2. The summed E-state index contributed by atoms with van der Waals surface area (Å²) >= 11 is 0. The van der Waals surface area contributed by atoms with Crippen LogP contribution in [-0.4, -0.2) is 66.7 Å². The Morgan fingerprint density at radius 1 is 1.08 bits per heavy atom. The largest absolute Gasteiger partial charge is 0.392 e. The van der Waals surface area contributed by atoms with Gasteiger partial charge >= 0.3 is 6.18 Å². The Balaban J connectivity index is 1.43. The molecule has 7 heteroatoms. The summed E-state index contributed by atoms with van der Waals surface area (Å²) < 4.78 is 39.4. The van der Waals surface area contributed by atoms with Gasteiger partial charge in [-0.25, -0.2) is 0 Å². The van der Waals surface area contributed by atoms with E-state index < -0.39 is 17.5 Å². The summed E-state index contributed by atoms with van der Waals surface area (Å²) in [7, 11) is 0. The fraction of sp³-hybridized carbons (Fsp3) is 0.944. The second kappa shape index (κ2) is 7.06. The van der Waals surface area contributed by atoms with E-state index in [1.54, 1.807) is 13.8 Å². The number of halogens is 3. The van der Waals surface area contributed by atoms with Crippen LogP contribution >= 0.6 is 0 Å². The number of alkyl halides is 3. The minimum atomic E-state index is -4.16. The first-order valence-electron chi connectivity index (χ1n) is 9.47. The van der Waals surface area contributed by atoms with E-state index in [4.69, 9.17) is 0 Å². The summed E-state index contributed by atoms with van der Waals surface area (Å²) in [4.78, 5) is 16.7. The molecule has 25 heavy (non-hydrogen) atoms. The third kappa shape index (κ3) is 4.88. The number of nitrogens with zero attached hydrogens (tertiary/aromatic N) is 2. The second-order valence-corrected chi connectivity index (χ2v) is 8.69. The maximum Gasteiger partial charge on any atom is 0.392 e. The summed E-state index contributed by atoms with van der Waals surface area (Å²) in [5.41, 5.74) is -0.855. The normalized spacial score (nSPS) is 29.6. The van der Waals surface area contributed by atoms with E-state index >= 15 is 0 Å². The average molecular weight is 361 g/mol. The first-order valence-corrected chi connectivity index (χ1v) is 9.47. The molecule has 4 nitrogen and oxygen atoms in total. The topological polar surface area (TPSA) is 35.6 Å². The van der Waals surface area contributed by atoms with E-state index in [0.29, 0.717) is 13.1 Å². The second-order valence-electron chi connectivity index (χ2n) is 8.69. The van der Waals surface area contributed by atoms with Gasteiger partial charge in [-0.3, -0.25) is 9.69 Å². The van der Waals surface area contributed by atoms with E-state index in [9.17, 15) is 18.0 Å². The Morgan fingerprint density at radius 3 is 2.24 bits per heavy atom. The van der Waals surface area contributed by atoms with Crippen molar-refractivity contribution >= 4 is 5.91 Å². The lowest BCUT2D eigenvalue weighted by Crippen LogP contribution is -2.54. The molecular formula is C18H30F3N3O. The number of nitrogens with one attached hydrogen (secondary N) is 1. The molecule has 3 rings (SSSR count). The molecule has 0 aromatic rings. The molecule has 144 valence electrons. The SMILES string of the molecule is CC1(C)CN(CC(=O)NC2CCN(C3CC3)CC2)CCC1C(F)(F)F. The van der Waals surface area contributed by atoms with Crippen molar-refractivity contribution in [1.82, 2.24) is 15.1 Å². The molecule has 0 aromatic heterocycles. The summed E-state index contributed by atoms with van der Waals surface area (Å²) in [6, 6.07) is 0.983. The van der Waals surface area contributed by atoms with Gasteiger partial charge in [-0.15, -0.1) is 0 Å². The number of hydrogen-bond acceptors (Lipinski definition) is 3. The highest BCUT2D eigenvalue weighted by atomic mass is 19.4. The highest BCUT2D eigenvalue weighted by molar-refractivity contribution is 5.78. The molecule has 3 fully saturated rings. The lowest BCUT2D eigenvalue weighted by atomic mass is 9.73. The van der Waals surface area contributed by atoms with Crippen molar-refractivity contribution < 1.29 is 18.0 Å². The van der Waals surface area contributed by atoms with Gasteiger partial charge in [0.1, 0.15) is 0 Å². The van der Waals surface area contributed by atoms with Crippen LogP contribution in [0.25, 0.3) is 0 Å². The lowest BCUT2D eigenvalue weighted by Gasteiger charge is -2.44. The van der Waals surface area contributed by atoms with Crippen molar-refractivity contribution in [1.29, 1.82) is 0 Å². The summed E-state index contributed by atoms with van der Waals surface area (Å²) in [5, 5.41) is 3.09. The van der Waals surface area contributed by atoms with Gasteiger partial charge < -0.3 is 10.2 Å². The molecule has 2 saturated heterocycles. The van der Waals surface area contributed by atoms with Crippen LogP contribution < -0.4 is 5.32 Å². The molecule has 1 N–H and O–H groups in total. The van der Waals surface area contributed by atoms with Crippen LogP contribution in [0.2, 0.25) is 0 Å². The van der Waals surface area contributed by atoms with E-state index in [2.05, 4.69) is 10.2 Å². The Labute approximate surface area is 148 Å². The number of piperidine rings is 2. The minimum Gasteiger partial charge on any atom is -0.352 e. The van der Waals surface area contributed by atoms with Gasteiger partial charge in [-0.05, 0) is 44.1 Å². The molecule has 1 saturated carbocycles. The van der Waals surface area contributed by atoms with E-state index in [1.807, 2.05) is 4.90 Å². The number of hydrogen-bond donors (Lipinski definition) is 1. The predicted molar refractivity (Wildman–Crippen MR) is 90.1 cm³/mol. The third-order valence-electron chi connectivity index (χ3n) is 6.03. The fourth-order valence-electron chi connectivity index (χ4n) is 4.53. The molecule has 2 aliphatic heterocycles. The van der Waals surface area contributed by atoms with Crippen LogP contribution in [0.15, 0.2) is 0 Å². The molecule has 0 bridgehead atoms. The standard InChI is InChI=1S/C18H30F3N3O/c1-17(2)12-23(8-7-15(17)18(19,20)21)11-16(25)22-13-5-9-24(10-6-13)14-3-4-14/h13-15H,3-12H2,1-2H3,(H,22,25). The molecular weight excluding hydrogens is 331 g/mol. The Hall–Kier alpha value is -0.820. The minimum absolute atomic E-state index is 0.0499. The molecule has 1 amide bonds. The molecule has 1 atom stereocenters. The van der Waals surface area contributed by atoms with Gasteiger partial charge in [0, 0.05) is 31.7 Å². The van der Waals surface area contributed by atoms with Crippen molar-refractivity contribution in [3.8, 4) is 0 Å². The van der Waals surface area contributed by atoms with E-state index in [0.717, 1.165) is 32.0 Å². The molecule has 3 aliphatic rings. The maximum absolute atomic E-state index is 13.1. The van der Waals surface area contributed by atoms with Crippen LogP contribution in [0.4, 0.5) is 13.2 Å². The zero-order valence-corrected chi connectivity index (χ0v) is 15.2. The molecule has 0 radical (unpaired) electrons. The van der Waals surface area contributed by atoms with Crippen molar-refractivity contribution in [3.63, 3.8) is 0 Å². The van der Waals surface area contributed by atoms with Gasteiger partial charge in [0.25, 0.3) is 0 Å². The summed E-state index contributed by atoms with van der Waals surface area (Å²) in [5.74, 6) is -1.34. The zero-order valence-electron chi connectivity index (χ0n) is 15.2. The monoisotopic (exact) mass is 361 g/mol. The Kier molecular flexibility index (Phi) is 5.36. The molecule has 1 aliphatic carbocycles. The molecule has 2 heterocycles. The molecule has 0 spiro atoms. The third-order valence-corrected chi connectivity index (χ3v) is 6.03. The maximum atomic E-state index is 13.1. The summed E-state index contributed by atoms with van der Waals surface area (Å²) in [6.07, 6.45) is 0.478. The fourth-order valence-corrected chi connectivity index (χ4v) is 4.53. The van der Waals surface area contributed by atoms with Gasteiger partial charge in [0.05, 0.1) is 12.5 Å². The van der Waals surface area contributed by atoms with Gasteiger partial charge in [-0.2, -0.15) is 13.2 Å². The van der Waals surface area contributed by atoms with Crippen LogP contribution in [0, 0.1) is 11.3 Å². The van der Waals surface area contributed by atoms with Crippen LogP contribution in [-0.2, 0) is 4.79 Å². The quantitative estimate of drug-likeness (QED) is 0.836. The van der Waals surface area contributed by atoms with E-state index in [1.165, 1.54) is 12.8 Å². The predicted octanol–water partition coefficient (Wildman–Crippen LogP) is 2.64. The number of carbonyl (C=O) groups excluding carboxylic acids is 1. The first kappa shape index (κ1) is 19.0. The zero-order chi connectivity index (χ0) is 18.2. The van der Waals surface area contributed by atoms with Crippen molar-refractivity contribution in [2.24, 2.45) is 11.3 Å². The van der Waals surface area contributed by atoms with E-state index in [-0.39, 0.29) is 24.9 Å². The lowest BCUT2D eigenvalue weighted by molar-refractivity contribution is -0.216. The molecule has 0 aromatic carbocycles. The van der Waals surface area contributed by atoms with Crippen LogP contribution in [0.1, 0.15) is 46.0 Å². The Bertz CT molecular complexity index is 482. The molecule has 1 unspecified atom stereocenters. The summed E-state index contributed by atoms with van der Waals surface area (Å²) in [6.45, 7) is 6.24. The average Bonchev–Trinajstić information content (AvgIpc) is 3.30. The highest BCUT2D eigenvalue weighted by Gasteiger charge is 2.51.